The molecular weight excluding hydrogens is 246 g/mol. The Bertz CT molecular complexity index is 421. The first-order chi connectivity index (χ1) is 9.61. The Balaban J connectivity index is 2.32. The maximum Gasteiger partial charge on any atom is 0.119 e. The predicted octanol–water partition coefficient (Wildman–Crippen LogP) is 4.56. The Morgan fingerprint density at radius 1 is 1.25 bits per heavy atom. The van der Waals surface area contributed by atoms with Crippen LogP contribution in [0.25, 0.3) is 0 Å². The van der Waals surface area contributed by atoms with Gasteiger partial charge in [0, 0.05) is 6.04 Å². The highest BCUT2D eigenvalue weighted by Gasteiger charge is 2.41. The van der Waals surface area contributed by atoms with E-state index >= 15 is 0 Å². The van der Waals surface area contributed by atoms with Gasteiger partial charge in [0.05, 0.1) is 7.11 Å². The molecule has 0 aliphatic heterocycles. The highest BCUT2D eigenvalue weighted by Crippen LogP contribution is 2.51. The van der Waals surface area contributed by atoms with Crippen LogP contribution in [0.15, 0.2) is 24.3 Å². The highest BCUT2D eigenvalue weighted by atomic mass is 16.5. The van der Waals surface area contributed by atoms with E-state index < -0.39 is 0 Å². The minimum absolute atomic E-state index is 0.412. The largest absolute Gasteiger partial charge is 0.497 e. The van der Waals surface area contributed by atoms with Crippen LogP contribution in [-0.2, 0) is 0 Å². The molecule has 1 aromatic rings. The maximum atomic E-state index is 5.40. The molecule has 0 bridgehead atoms. The smallest absolute Gasteiger partial charge is 0.119 e. The van der Waals surface area contributed by atoms with Crippen LogP contribution in [0.3, 0.4) is 0 Å². The van der Waals surface area contributed by atoms with Crippen molar-refractivity contribution in [3.8, 4) is 5.75 Å². The van der Waals surface area contributed by atoms with Crippen molar-refractivity contribution >= 4 is 0 Å². The second kappa shape index (κ2) is 6.62. The number of ether oxygens (including phenoxy) is 1. The Morgan fingerprint density at radius 2 is 1.95 bits per heavy atom. The van der Waals surface area contributed by atoms with Crippen LogP contribution < -0.4 is 10.1 Å². The molecule has 0 radical (unpaired) electrons. The molecule has 1 aliphatic carbocycles. The first-order valence-corrected chi connectivity index (χ1v) is 7.92. The van der Waals surface area contributed by atoms with Gasteiger partial charge >= 0.3 is 0 Å². The van der Waals surface area contributed by atoms with E-state index in [1.807, 2.05) is 6.07 Å². The molecule has 1 unspecified atom stereocenters. The van der Waals surface area contributed by atoms with Crippen LogP contribution in [0.2, 0.25) is 0 Å². The van der Waals surface area contributed by atoms with Crippen LogP contribution in [0.1, 0.15) is 57.6 Å². The van der Waals surface area contributed by atoms with Gasteiger partial charge in [-0.1, -0.05) is 38.8 Å². The van der Waals surface area contributed by atoms with Crippen LogP contribution in [-0.4, -0.2) is 14.2 Å². The first kappa shape index (κ1) is 15.4. The van der Waals surface area contributed by atoms with Crippen LogP contribution in [0.4, 0.5) is 0 Å². The number of benzene rings is 1. The minimum atomic E-state index is 0.412. The van der Waals surface area contributed by atoms with E-state index in [9.17, 15) is 0 Å². The van der Waals surface area contributed by atoms with Crippen LogP contribution >= 0.6 is 0 Å². The molecule has 1 atom stereocenters. The topological polar surface area (TPSA) is 21.3 Å². The fourth-order valence-electron chi connectivity index (χ4n) is 4.15. The molecule has 1 aliphatic rings. The summed E-state index contributed by atoms with van der Waals surface area (Å²) >= 11 is 0. The maximum absolute atomic E-state index is 5.40. The van der Waals surface area contributed by atoms with Crippen molar-refractivity contribution in [2.45, 2.75) is 52.0 Å². The molecule has 112 valence electrons. The van der Waals surface area contributed by atoms with Crippen molar-refractivity contribution in [1.29, 1.82) is 0 Å². The van der Waals surface area contributed by atoms with Crippen LogP contribution in [0.5, 0.6) is 5.75 Å². The van der Waals surface area contributed by atoms with Gasteiger partial charge < -0.3 is 10.1 Å². The van der Waals surface area contributed by atoms with Gasteiger partial charge in [-0.15, -0.1) is 0 Å². The molecule has 0 heterocycles. The third-order valence-electron chi connectivity index (χ3n) is 4.74. The van der Waals surface area contributed by atoms with Crippen molar-refractivity contribution in [2.24, 2.45) is 11.3 Å². The second-order valence-corrected chi connectivity index (χ2v) is 6.67. The highest BCUT2D eigenvalue weighted by molar-refractivity contribution is 5.32. The summed E-state index contributed by atoms with van der Waals surface area (Å²) in [5.41, 5.74) is 1.78. The molecule has 2 nitrogen and oxygen atoms in total. The van der Waals surface area contributed by atoms with Gasteiger partial charge in [-0.3, -0.25) is 0 Å². The Morgan fingerprint density at radius 3 is 2.50 bits per heavy atom. The Hall–Kier alpha value is -1.02. The predicted molar refractivity (Wildman–Crippen MR) is 85.2 cm³/mol. The minimum Gasteiger partial charge on any atom is -0.497 e. The van der Waals surface area contributed by atoms with E-state index in [1.165, 1.54) is 37.7 Å². The molecule has 1 saturated carbocycles. The summed E-state index contributed by atoms with van der Waals surface area (Å²) < 4.78 is 5.40. The lowest BCUT2D eigenvalue weighted by atomic mass is 9.70. The Labute approximate surface area is 123 Å². The van der Waals surface area contributed by atoms with Gasteiger partial charge in [-0.05, 0) is 55.3 Å². The molecular formula is C18H29NO. The summed E-state index contributed by atoms with van der Waals surface area (Å²) in [6.07, 6.45) is 6.72. The van der Waals surface area contributed by atoms with Crippen LogP contribution in [0, 0.1) is 11.3 Å². The summed E-state index contributed by atoms with van der Waals surface area (Å²) in [5, 5.41) is 3.60. The van der Waals surface area contributed by atoms with Gasteiger partial charge in [-0.2, -0.15) is 0 Å². The molecule has 1 fully saturated rings. The molecule has 0 spiro atoms. The number of methoxy groups -OCH3 is 1. The molecule has 0 saturated heterocycles. The normalized spacial score (nSPS) is 19.2. The standard InChI is InChI=1S/C18H29NO/c1-14(2)13-18(10-5-6-11-18)17(19-3)15-8-7-9-16(12-15)20-4/h7-9,12,14,17,19H,5-6,10-11,13H2,1-4H3. The van der Waals surface area contributed by atoms with Gasteiger partial charge in [0.25, 0.3) is 0 Å². The number of rotatable bonds is 6. The lowest BCUT2D eigenvalue weighted by Crippen LogP contribution is -2.35. The van der Waals surface area contributed by atoms with Gasteiger partial charge in [0.1, 0.15) is 5.75 Å². The molecule has 2 rings (SSSR count). The number of nitrogens with one attached hydrogen (secondary N) is 1. The van der Waals surface area contributed by atoms with Gasteiger partial charge in [0.2, 0.25) is 0 Å². The van der Waals surface area contributed by atoms with E-state index in [0.717, 1.165) is 11.7 Å². The van der Waals surface area contributed by atoms with E-state index in [-0.39, 0.29) is 0 Å². The zero-order valence-electron chi connectivity index (χ0n) is 13.4. The van der Waals surface area contributed by atoms with Crippen molar-refractivity contribution in [1.82, 2.24) is 5.32 Å². The lowest BCUT2D eigenvalue weighted by molar-refractivity contribution is 0.161. The van der Waals surface area contributed by atoms with Crippen molar-refractivity contribution in [2.75, 3.05) is 14.2 Å². The van der Waals surface area contributed by atoms with Crippen molar-refractivity contribution < 1.29 is 4.74 Å². The molecule has 1 aromatic carbocycles. The van der Waals surface area contributed by atoms with E-state index in [1.54, 1.807) is 7.11 Å². The summed E-state index contributed by atoms with van der Waals surface area (Å²) in [5.74, 6) is 1.70. The molecule has 1 N–H and O–H groups in total. The molecule has 2 heteroatoms. The zero-order chi connectivity index (χ0) is 14.6. The second-order valence-electron chi connectivity index (χ2n) is 6.67. The Kier molecular flexibility index (Phi) is 5.09. The van der Waals surface area contributed by atoms with Gasteiger partial charge in [-0.25, -0.2) is 0 Å². The summed E-state index contributed by atoms with van der Waals surface area (Å²) in [4.78, 5) is 0. The quantitative estimate of drug-likeness (QED) is 0.821. The zero-order valence-corrected chi connectivity index (χ0v) is 13.4. The average molecular weight is 275 g/mol. The fraction of sp³-hybridized carbons (Fsp3) is 0.667. The SMILES string of the molecule is CNC(c1cccc(OC)c1)C1(CC(C)C)CCCC1. The lowest BCUT2D eigenvalue weighted by Gasteiger charge is -2.39. The van der Waals surface area contributed by atoms with Crippen molar-refractivity contribution in [3.05, 3.63) is 29.8 Å². The average Bonchev–Trinajstić information content (AvgIpc) is 2.88. The third-order valence-corrected chi connectivity index (χ3v) is 4.74. The van der Waals surface area contributed by atoms with E-state index in [0.29, 0.717) is 11.5 Å². The monoisotopic (exact) mass is 275 g/mol. The summed E-state index contributed by atoms with van der Waals surface area (Å²) in [7, 11) is 3.84. The third kappa shape index (κ3) is 3.17. The summed E-state index contributed by atoms with van der Waals surface area (Å²) in [6, 6.07) is 9.00. The summed E-state index contributed by atoms with van der Waals surface area (Å²) in [6.45, 7) is 4.69. The first-order valence-electron chi connectivity index (χ1n) is 7.92. The molecule has 20 heavy (non-hydrogen) atoms. The number of hydrogen-bond donors (Lipinski definition) is 1. The van der Waals surface area contributed by atoms with Gasteiger partial charge in [0.15, 0.2) is 0 Å². The van der Waals surface area contributed by atoms with E-state index in [4.69, 9.17) is 4.74 Å². The van der Waals surface area contributed by atoms with E-state index in [2.05, 4.69) is 44.4 Å². The van der Waals surface area contributed by atoms with Crippen molar-refractivity contribution in [3.63, 3.8) is 0 Å². The fourth-order valence-corrected chi connectivity index (χ4v) is 4.15. The molecule has 0 amide bonds. The molecule has 0 aromatic heterocycles. The number of hydrogen-bond acceptors (Lipinski definition) is 2.